The zero-order valence-electron chi connectivity index (χ0n) is 9.41. The summed E-state index contributed by atoms with van der Waals surface area (Å²) < 4.78 is 0. The largest absolute Gasteiger partial charge is 0.368 e. The van der Waals surface area contributed by atoms with Gasteiger partial charge in [0.1, 0.15) is 5.82 Å². The lowest BCUT2D eigenvalue weighted by Crippen LogP contribution is -2.22. The van der Waals surface area contributed by atoms with Gasteiger partial charge in [-0.25, -0.2) is 10.8 Å². The third-order valence-electron chi connectivity index (χ3n) is 1.95. The van der Waals surface area contributed by atoms with E-state index in [-0.39, 0.29) is 0 Å². The molecule has 6 nitrogen and oxygen atoms in total. The summed E-state index contributed by atoms with van der Waals surface area (Å²) in [5.74, 6) is 6.48. The second-order valence-electron chi connectivity index (χ2n) is 3.60. The van der Waals surface area contributed by atoms with Crippen LogP contribution in [-0.2, 0) is 0 Å². The van der Waals surface area contributed by atoms with Crippen LogP contribution in [0.3, 0.4) is 0 Å². The van der Waals surface area contributed by atoms with Crippen molar-refractivity contribution < 1.29 is 0 Å². The summed E-state index contributed by atoms with van der Waals surface area (Å²) in [5, 5.41) is 3.23. The fourth-order valence-electron chi connectivity index (χ4n) is 1.09. The molecule has 0 aromatic carbocycles. The van der Waals surface area contributed by atoms with E-state index in [1.807, 2.05) is 21.0 Å². The van der Waals surface area contributed by atoms with E-state index in [0.717, 1.165) is 24.5 Å². The Kier molecular flexibility index (Phi) is 4.26. The minimum atomic E-state index is 0.424. The molecular formula is C9H18N6. The molecule has 0 bridgehead atoms. The molecule has 1 rings (SSSR count). The number of nitrogens with zero attached hydrogens (tertiary/aromatic N) is 3. The highest BCUT2D eigenvalue weighted by Gasteiger charge is 2.01. The Morgan fingerprint density at radius 3 is 2.80 bits per heavy atom. The van der Waals surface area contributed by atoms with Crippen LogP contribution in [0.1, 0.15) is 5.56 Å². The number of rotatable bonds is 5. The number of hydrogen-bond acceptors (Lipinski definition) is 6. The van der Waals surface area contributed by atoms with Gasteiger partial charge in [0, 0.05) is 24.8 Å². The maximum Gasteiger partial charge on any atom is 0.239 e. The van der Waals surface area contributed by atoms with E-state index in [1.165, 1.54) is 0 Å². The van der Waals surface area contributed by atoms with Crippen LogP contribution >= 0.6 is 0 Å². The van der Waals surface area contributed by atoms with Crippen molar-refractivity contribution in [3.63, 3.8) is 0 Å². The van der Waals surface area contributed by atoms with Crippen molar-refractivity contribution in [3.05, 3.63) is 11.8 Å². The first-order valence-corrected chi connectivity index (χ1v) is 4.82. The maximum atomic E-state index is 5.23. The Morgan fingerprint density at radius 1 is 1.47 bits per heavy atom. The summed E-state index contributed by atoms with van der Waals surface area (Å²) in [7, 11) is 4.06. The molecule has 4 N–H and O–H groups in total. The first kappa shape index (κ1) is 11.7. The minimum absolute atomic E-state index is 0.424. The van der Waals surface area contributed by atoms with E-state index in [9.17, 15) is 0 Å². The molecule has 1 aromatic rings. The Bertz CT molecular complexity index is 311. The summed E-state index contributed by atoms with van der Waals surface area (Å²) >= 11 is 0. The van der Waals surface area contributed by atoms with Crippen LogP contribution in [0.2, 0.25) is 0 Å². The topological polar surface area (TPSA) is 79.1 Å². The predicted octanol–water partition coefficient (Wildman–Crippen LogP) is 0.0441. The van der Waals surface area contributed by atoms with Crippen molar-refractivity contribution in [2.24, 2.45) is 5.84 Å². The number of hydrogen-bond donors (Lipinski definition) is 3. The number of nitrogens with one attached hydrogen (secondary N) is 2. The van der Waals surface area contributed by atoms with Crippen molar-refractivity contribution in [3.8, 4) is 0 Å². The molecule has 0 aliphatic heterocycles. The van der Waals surface area contributed by atoms with Crippen molar-refractivity contribution in [1.82, 2.24) is 14.9 Å². The number of likely N-dealkylation sites (N-methyl/N-ethyl adjacent to an activating group) is 1. The predicted molar refractivity (Wildman–Crippen MR) is 61.6 cm³/mol. The van der Waals surface area contributed by atoms with Crippen LogP contribution in [-0.4, -0.2) is 42.1 Å². The van der Waals surface area contributed by atoms with Crippen LogP contribution in [0, 0.1) is 6.92 Å². The summed E-state index contributed by atoms with van der Waals surface area (Å²) in [6.07, 6.45) is 1.74. The molecule has 0 atom stereocenters. The van der Waals surface area contributed by atoms with Crippen LogP contribution in [0.15, 0.2) is 6.20 Å². The summed E-state index contributed by atoms with van der Waals surface area (Å²) in [6.45, 7) is 3.75. The number of hydrazine groups is 1. The summed E-state index contributed by atoms with van der Waals surface area (Å²) in [6, 6.07) is 0. The average Bonchev–Trinajstić information content (AvgIpc) is 2.20. The molecule has 6 heteroatoms. The molecular weight excluding hydrogens is 192 g/mol. The van der Waals surface area contributed by atoms with E-state index in [2.05, 4.69) is 25.6 Å². The second-order valence-corrected chi connectivity index (χ2v) is 3.60. The molecule has 0 saturated carbocycles. The smallest absolute Gasteiger partial charge is 0.239 e. The van der Waals surface area contributed by atoms with Gasteiger partial charge in [0.05, 0.1) is 0 Å². The van der Waals surface area contributed by atoms with Crippen molar-refractivity contribution in [2.45, 2.75) is 6.92 Å². The van der Waals surface area contributed by atoms with Crippen LogP contribution < -0.4 is 16.6 Å². The quantitative estimate of drug-likeness (QED) is 0.470. The fraction of sp³-hybridized carbons (Fsp3) is 0.556. The van der Waals surface area contributed by atoms with Gasteiger partial charge in [0.2, 0.25) is 5.95 Å². The molecule has 1 heterocycles. The van der Waals surface area contributed by atoms with Crippen LogP contribution in [0.25, 0.3) is 0 Å². The fourth-order valence-corrected chi connectivity index (χ4v) is 1.09. The molecule has 0 aliphatic rings. The van der Waals surface area contributed by atoms with Gasteiger partial charge >= 0.3 is 0 Å². The Labute approximate surface area is 89.9 Å². The number of nitrogens with two attached hydrogens (primary N) is 1. The standard InChI is InChI=1S/C9H18N6/c1-7-6-12-9(14-10)13-8(7)11-4-5-15(2)3/h6H,4-5,10H2,1-3H3,(H2,11,12,13,14). The molecule has 0 aliphatic carbocycles. The zero-order valence-corrected chi connectivity index (χ0v) is 9.41. The monoisotopic (exact) mass is 210 g/mol. The normalized spacial score (nSPS) is 10.5. The van der Waals surface area contributed by atoms with Gasteiger partial charge in [0.25, 0.3) is 0 Å². The van der Waals surface area contributed by atoms with Crippen molar-refractivity contribution in [2.75, 3.05) is 37.9 Å². The van der Waals surface area contributed by atoms with Gasteiger partial charge in [-0.05, 0) is 21.0 Å². The van der Waals surface area contributed by atoms with Crippen molar-refractivity contribution >= 4 is 11.8 Å². The van der Waals surface area contributed by atoms with E-state index in [1.54, 1.807) is 6.20 Å². The second kappa shape index (κ2) is 5.47. The van der Waals surface area contributed by atoms with Crippen LogP contribution in [0.4, 0.5) is 11.8 Å². The van der Waals surface area contributed by atoms with Crippen molar-refractivity contribution in [1.29, 1.82) is 0 Å². The molecule has 0 radical (unpaired) electrons. The molecule has 0 spiro atoms. The van der Waals surface area contributed by atoms with E-state index in [0.29, 0.717) is 5.95 Å². The number of aryl methyl sites for hydroxylation is 1. The van der Waals surface area contributed by atoms with Gasteiger partial charge in [-0.1, -0.05) is 0 Å². The highest BCUT2D eigenvalue weighted by atomic mass is 15.3. The van der Waals surface area contributed by atoms with Gasteiger partial charge < -0.3 is 10.2 Å². The molecule has 0 unspecified atom stereocenters. The molecule has 15 heavy (non-hydrogen) atoms. The summed E-state index contributed by atoms with van der Waals surface area (Å²) in [4.78, 5) is 10.3. The highest BCUT2D eigenvalue weighted by Crippen LogP contribution is 2.11. The Morgan fingerprint density at radius 2 is 2.20 bits per heavy atom. The third kappa shape index (κ3) is 3.69. The van der Waals surface area contributed by atoms with Gasteiger partial charge in [-0.3, -0.25) is 5.43 Å². The SMILES string of the molecule is Cc1cnc(NN)nc1NCCN(C)C. The summed E-state index contributed by atoms with van der Waals surface area (Å²) in [5.41, 5.74) is 3.43. The van der Waals surface area contributed by atoms with Crippen LogP contribution in [0.5, 0.6) is 0 Å². The Balaban J connectivity index is 2.59. The molecule has 0 fully saturated rings. The molecule has 0 saturated heterocycles. The average molecular weight is 210 g/mol. The first-order chi connectivity index (χ1) is 7.13. The van der Waals surface area contributed by atoms with E-state index < -0.39 is 0 Å². The lowest BCUT2D eigenvalue weighted by atomic mass is 10.3. The number of aromatic nitrogens is 2. The van der Waals surface area contributed by atoms with E-state index >= 15 is 0 Å². The molecule has 84 valence electrons. The lowest BCUT2D eigenvalue weighted by molar-refractivity contribution is 0.425. The Hall–Kier alpha value is -1.40. The number of anilines is 2. The maximum absolute atomic E-state index is 5.23. The minimum Gasteiger partial charge on any atom is -0.368 e. The first-order valence-electron chi connectivity index (χ1n) is 4.82. The highest BCUT2D eigenvalue weighted by molar-refractivity contribution is 5.45. The van der Waals surface area contributed by atoms with Gasteiger partial charge in [-0.2, -0.15) is 4.98 Å². The third-order valence-corrected chi connectivity index (χ3v) is 1.95. The number of nitrogen functional groups attached to an aromatic ring is 1. The zero-order chi connectivity index (χ0) is 11.3. The molecule has 0 amide bonds. The van der Waals surface area contributed by atoms with Gasteiger partial charge in [0.15, 0.2) is 0 Å². The van der Waals surface area contributed by atoms with Gasteiger partial charge in [-0.15, -0.1) is 0 Å². The van der Waals surface area contributed by atoms with E-state index in [4.69, 9.17) is 5.84 Å². The molecule has 1 aromatic heterocycles. The lowest BCUT2D eigenvalue weighted by Gasteiger charge is -2.12.